The number of rotatable bonds is 10. The lowest BCUT2D eigenvalue weighted by Crippen LogP contribution is -2.35. The molecule has 0 aromatic heterocycles. The van der Waals surface area contributed by atoms with E-state index in [2.05, 4.69) is 19.2 Å². The number of carbonyl (C=O) groups is 1. The molecule has 0 fully saturated rings. The van der Waals surface area contributed by atoms with Crippen molar-refractivity contribution in [1.82, 2.24) is 5.32 Å². The van der Waals surface area contributed by atoms with Crippen molar-refractivity contribution in [3.05, 3.63) is 0 Å². The molecule has 0 heterocycles. The van der Waals surface area contributed by atoms with Crippen molar-refractivity contribution in [2.45, 2.75) is 52.1 Å². The lowest BCUT2D eigenvalue weighted by molar-refractivity contribution is -0.121. The van der Waals surface area contributed by atoms with Gasteiger partial charge in [-0.3, -0.25) is 4.79 Å². The highest BCUT2D eigenvalue weighted by atomic mass is 16.5. The van der Waals surface area contributed by atoms with E-state index in [1.165, 1.54) is 0 Å². The highest BCUT2D eigenvalue weighted by Crippen LogP contribution is 2.05. The van der Waals surface area contributed by atoms with Gasteiger partial charge >= 0.3 is 0 Å². The molecule has 0 aromatic carbocycles. The number of amides is 1. The van der Waals surface area contributed by atoms with Crippen LogP contribution >= 0.6 is 0 Å². The van der Waals surface area contributed by atoms with E-state index in [-0.39, 0.29) is 12.0 Å². The summed E-state index contributed by atoms with van der Waals surface area (Å²) in [6, 6.07) is 0. The zero-order valence-electron chi connectivity index (χ0n) is 11.5. The van der Waals surface area contributed by atoms with E-state index in [1.807, 2.05) is 0 Å². The first kappa shape index (κ1) is 16.4. The molecule has 0 radical (unpaired) electrons. The standard InChI is InChI=1S/C13H28N2O2/c1-11(2)12(17-3)10-15-13(16)8-6-4-5-7-9-14/h11-12H,4-10,14H2,1-3H3,(H,15,16). The molecule has 3 N–H and O–H groups in total. The van der Waals surface area contributed by atoms with Crippen LogP contribution < -0.4 is 11.1 Å². The van der Waals surface area contributed by atoms with Crippen molar-refractivity contribution < 1.29 is 9.53 Å². The summed E-state index contributed by atoms with van der Waals surface area (Å²) in [7, 11) is 1.68. The van der Waals surface area contributed by atoms with Gasteiger partial charge in [0.05, 0.1) is 6.10 Å². The van der Waals surface area contributed by atoms with Crippen LogP contribution in [0.25, 0.3) is 0 Å². The molecule has 0 aliphatic carbocycles. The Morgan fingerprint density at radius 2 is 1.88 bits per heavy atom. The third-order valence-electron chi connectivity index (χ3n) is 2.90. The first-order valence-electron chi connectivity index (χ1n) is 6.61. The lowest BCUT2D eigenvalue weighted by Gasteiger charge is -2.19. The van der Waals surface area contributed by atoms with Crippen molar-refractivity contribution in [2.75, 3.05) is 20.2 Å². The topological polar surface area (TPSA) is 64.3 Å². The molecule has 1 atom stereocenters. The number of hydrogen-bond acceptors (Lipinski definition) is 3. The predicted molar refractivity (Wildman–Crippen MR) is 70.8 cm³/mol. The number of unbranched alkanes of at least 4 members (excludes halogenated alkanes) is 3. The van der Waals surface area contributed by atoms with Crippen molar-refractivity contribution in [2.24, 2.45) is 11.7 Å². The van der Waals surface area contributed by atoms with Gasteiger partial charge in [0.2, 0.25) is 5.91 Å². The zero-order chi connectivity index (χ0) is 13.1. The minimum Gasteiger partial charge on any atom is -0.379 e. The van der Waals surface area contributed by atoms with Gasteiger partial charge in [0.1, 0.15) is 0 Å². The molecule has 0 saturated carbocycles. The molecule has 0 saturated heterocycles. The van der Waals surface area contributed by atoms with Gasteiger partial charge in [0.25, 0.3) is 0 Å². The van der Waals surface area contributed by atoms with E-state index in [1.54, 1.807) is 7.11 Å². The van der Waals surface area contributed by atoms with Crippen LogP contribution in [0.4, 0.5) is 0 Å². The Balaban J connectivity index is 3.51. The SMILES string of the molecule is COC(CNC(=O)CCCCCCN)C(C)C. The normalized spacial score (nSPS) is 12.8. The van der Waals surface area contributed by atoms with Gasteiger partial charge in [-0.05, 0) is 25.3 Å². The molecule has 17 heavy (non-hydrogen) atoms. The van der Waals surface area contributed by atoms with E-state index in [4.69, 9.17) is 10.5 Å². The molecule has 102 valence electrons. The maximum absolute atomic E-state index is 11.5. The highest BCUT2D eigenvalue weighted by molar-refractivity contribution is 5.75. The first-order valence-corrected chi connectivity index (χ1v) is 6.61. The Morgan fingerprint density at radius 3 is 2.41 bits per heavy atom. The van der Waals surface area contributed by atoms with Gasteiger partial charge in [-0.25, -0.2) is 0 Å². The van der Waals surface area contributed by atoms with Gasteiger partial charge in [-0.1, -0.05) is 26.7 Å². The quantitative estimate of drug-likeness (QED) is 0.575. The van der Waals surface area contributed by atoms with Crippen LogP contribution in [0.1, 0.15) is 46.0 Å². The first-order chi connectivity index (χ1) is 8.11. The summed E-state index contributed by atoms with van der Waals surface area (Å²) in [6.45, 7) is 5.53. The van der Waals surface area contributed by atoms with Crippen LogP contribution in [-0.2, 0) is 9.53 Å². The van der Waals surface area contributed by atoms with Crippen LogP contribution in [0.3, 0.4) is 0 Å². The van der Waals surface area contributed by atoms with E-state index >= 15 is 0 Å². The number of nitrogens with two attached hydrogens (primary N) is 1. The summed E-state index contributed by atoms with van der Waals surface area (Å²) < 4.78 is 5.29. The van der Waals surface area contributed by atoms with Crippen LogP contribution in [0.5, 0.6) is 0 Å². The van der Waals surface area contributed by atoms with Crippen molar-refractivity contribution in [1.29, 1.82) is 0 Å². The second kappa shape index (κ2) is 10.5. The van der Waals surface area contributed by atoms with E-state index in [0.29, 0.717) is 18.9 Å². The fourth-order valence-electron chi connectivity index (χ4n) is 1.68. The molecule has 0 aromatic rings. The van der Waals surface area contributed by atoms with Crippen molar-refractivity contribution in [3.8, 4) is 0 Å². The molecular weight excluding hydrogens is 216 g/mol. The van der Waals surface area contributed by atoms with Crippen LogP contribution in [0.15, 0.2) is 0 Å². The van der Waals surface area contributed by atoms with Gasteiger partial charge in [0.15, 0.2) is 0 Å². The zero-order valence-corrected chi connectivity index (χ0v) is 11.5. The molecule has 0 aliphatic heterocycles. The van der Waals surface area contributed by atoms with Gasteiger partial charge in [0, 0.05) is 20.1 Å². The summed E-state index contributed by atoms with van der Waals surface area (Å²) in [5.41, 5.74) is 5.40. The fraction of sp³-hybridized carbons (Fsp3) is 0.923. The smallest absolute Gasteiger partial charge is 0.220 e. The van der Waals surface area contributed by atoms with Crippen LogP contribution in [0.2, 0.25) is 0 Å². The third kappa shape index (κ3) is 9.12. The second-order valence-electron chi connectivity index (χ2n) is 4.78. The lowest BCUT2D eigenvalue weighted by atomic mass is 10.1. The average Bonchev–Trinajstić information content (AvgIpc) is 2.29. The summed E-state index contributed by atoms with van der Waals surface area (Å²) in [4.78, 5) is 11.5. The molecule has 0 rings (SSSR count). The molecule has 1 unspecified atom stereocenters. The van der Waals surface area contributed by atoms with Gasteiger partial charge in [-0.2, -0.15) is 0 Å². The molecule has 0 spiro atoms. The van der Waals surface area contributed by atoms with Gasteiger partial charge < -0.3 is 15.8 Å². The minimum atomic E-state index is 0.108. The predicted octanol–water partition coefficient (Wildman–Crippen LogP) is 1.68. The molecule has 0 aliphatic rings. The summed E-state index contributed by atoms with van der Waals surface area (Å²) in [5, 5.41) is 2.92. The second-order valence-corrected chi connectivity index (χ2v) is 4.78. The third-order valence-corrected chi connectivity index (χ3v) is 2.90. The Kier molecular flexibility index (Phi) is 10.2. The average molecular weight is 244 g/mol. The van der Waals surface area contributed by atoms with Crippen LogP contribution in [0, 0.1) is 5.92 Å². The number of ether oxygens (including phenoxy) is 1. The number of methoxy groups -OCH3 is 1. The molecule has 0 bridgehead atoms. The summed E-state index contributed by atoms with van der Waals surface area (Å²) in [5.74, 6) is 0.547. The Morgan fingerprint density at radius 1 is 1.24 bits per heavy atom. The largest absolute Gasteiger partial charge is 0.379 e. The maximum atomic E-state index is 11.5. The Hall–Kier alpha value is -0.610. The monoisotopic (exact) mass is 244 g/mol. The molecule has 4 heteroatoms. The molecular formula is C13H28N2O2. The Labute approximate surface area is 105 Å². The van der Waals surface area contributed by atoms with E-state index < -0.39 is 0 Å². The summed E-state index contributed by atoms with van der Waals surface area (Å²) >= 11 is 0. The van der Waals surface area contributed by atoms with Gasteiger partial charge in [-0.15, -0.1) is 0 Å². The van der Waals surface area contributed by atoms with Crippen molar-refractivity contribution >= 4 is 5.91 Å². The fourth-order valence-corrected chi connectivity index (χ4v) is 1.68. The molecule has 1 amide bonds. The van der Waals surface area contributed by atoms with Crippen LogP contribution in [-0.4, -0.2) is 32.2 Å². The summed E-state index contributed by atoms with van der Waals surface area (Å²) in [6.07, 6.45) is 4.93. The minimum absolute atomic E-state index is 0.108. The number of nitrogens with one attached hydrogen (secondary N) is 1. The highest BCUT2D eigenvalue weighted by Gasteiger charge is 2.12. The van der Waals surface area contributed by atoms with E-state index in [0.717, 1.165) is 32.2 Å². The van der Waals surface area contributed by atoms with Crippen molar-refractivity contribution in [3.63, 3.8) is 0 Å². The molecule has 4 nitrogen and oxygen atoms in total. The number of hydrogen-bond donors (Lipinski definition) is 2. The van der Waals surface area contributed by atoms with E-state index in [9.17, 15) is 4.79 Å². The Bertz CT molecular complexity index is 196. The number of carbonyl (C=O) groups excluding carboxylic acids is 1. The maximum Gasteiger partial charge on any atom is 0.220 e.